The van der Waals surface area contributed by atoms with Crippen molar-refractivity contribution in [3.8, 4) is 10.4 Å². The number of esters is 1. The molecule has 4 nitrogen and oxygen atoms in total. The van der Waals surface area contributed by atoms with E-state index >= 15 is 0 Å². The van der Waals surface area contributed by atoms with E-state index in [-0.39, 0.29) is 11.8 Å². The van der Waals surface area contributed by atoms with Crippen LogP contribution in [0.2, 0.25) is 0 Å². The van der Waals surface area contributed by atoms with E-state index in [2.05, 4.69) is 21.2 Å². The minimum Gasteiger partial charge on any atom is -0.467 e. The van der Waals surface area contributed by atoms with Crippen LogP contribution in [0.5, 0.6) is 0 Å². The fourth-order valence-electron chi connectivity index (χ4n) is 2.37. The Labute approximate surface area is 154 Å². The van der Waals surface area contributed by atoms with Crippen LogP contribution in [-0.2, 0) is 9.53 Å². The predicted octanol–water partition coefficient (Wildman–Crippen LogP) is 4.50. The van der Waals surface area contributed by atoms with Crippen molar-refractivity contribution in [2.45, 2.75) is 26.3 Å². The van der Waals surface area contributed by atoms with E-state index in [0.29, 0.717) is 5.56 Å². The highest BCUT2D eigenvalue weighted by atomic mass is 79.9. The van der Waals surface area contributed by atoms with Gasteiger partial charge in [-0.2, -0.15) is 0 Å². The minimum atomic E-state index is -0.660. The molecule has 0 saturated carbocycles. The molecule has 6 heteroatoms. The zero-order valence-electron chi connectivity index (χ0n) is 13.8. The molecule has 0 aliphatic carbocycles. The average Bonchev–Trinajstić information content (AvgIpc) is 3.12. The van der Waals surface area contributed by atoms with Crippen LogP contribution in [0, 0.1) is 5.92 Å². The van der Waals surface area contributed by atoms with Gasteiger partial charge in [0.2, 0.25) is 0 Å². The van der Waals surface area contributed by atoms with Gasteiger partial charge in [0.25, 0.3) is 5.91 Å². The summed E-state index contributed by atoms with van der Waals surface area (Å²) in [5, 5.41) is 4.80. The first-order chi connectivity index (χ1) is 11.5. The molecule has 0 fully saturated rings. The van der Waals surface area contributed by atoms with Crippen molar-refractivity contribution >= 4 is 39.1 Å². The summed E-state index contributed by atoms with van der Waals surface area (Å²) in [5.74, 6) is -0.712. The molecule has 0 saturated heterocycles. The van der Waals surface area contributed by atoms with Gasteiger partial charge in [0, 0.05) is 20.5 Å². The molecule has 24 heavy (non-hydrogen) atoms. The zero-order valence-corrected chi connectivity index (χ0v) is 16.2. The van der Waals surface area contributed by atoms with Crippen molar-refractivity contribution in [2.24, 2.45) is 5.92 Å². The molecule has 0 radical (unpaired) electrons. The molecule has 1 N–H and O–H groups in total. The van der Waals surface area contributed by atoms with Crippen molar-refractivity contribution in [1.82, 2.24) is 5.32 Å². The molecule has 1 unspecified atom stereocenters. The number of carbonyl (C=O) groups is 2. The number of thiophene rings is 1. The summed E-state index contributed by atoms with van der Waals surface area (Å²) < 4.78 is 5.73. The van der Waals surface area contributed by atoms with Crippen LogP contribution >= 0.6 is 27.3 Å². The third kappa shape index (κ3) is 4.24. The highest BCUT2D eigenvalue weighted by Crippen LogP contribution is 2.31. The monoisotopic (exact) mass is 409 g/mol. The summed E-state index contributed by atoms with van der Waals surface area (Å²) in [7, 11) is 1.33. The summed E-state index contributed by atoms with van der Waals surface area (Å²) in [6, 6.07) is 8.75. The maximum atomic E-state index is 12.8. The van der Waals surface area contributed by atoms with Crippen LogP contribution in [0.25, 0.3) is 10.4 Å². The highest BCUT2D eigenvalue weighted by Gasteiger charge is 2.28. The third-order valence-electron chi connectivity index (χ3n) is 3.97. The number of halogens is 1. The number of benzene rings is 1. The van der Waals surface area contributed by atoms with E-state index in [4.69, 9.17) is 4.74 Å². The standard InChI is InChI=1S/C18H20BrNO3S/c1-4-11(2)16(18(22)23-3)20-17(21)13-8-7-12(19)10-14(13)15-6-5-9-24-15/h5-11,16H,4H2,1-3H3,(H,20,21)/t11?,16-/m1/s1. The lowest BCUT2D eigenvalue weighted by atomic mass is 9.98. The van der Waals surface area contributed by atoms with Crippen LogP contribution in [0.15, 0.2) is 40.2 Å². The van der Waals surface area contributed by atoms with Gasteiger partial charge in [-0.3, -0.25) is 4.79 Å². The second-order valence-corrected chi connectivity index (χ2v) is 7.39. The quantitative estimate of drug-likeness (QED) is 0.714. The molecule has 2 atom stereocenters. The number of hydrogen-bond acceptors (Lipinski definition) is 4. The lowest BCUT2D eigenvalue weighted by Crippen LogP contribution is -2.45. The van der Waals surface area contributed by atoms with Gasteiger partial charge in [-0.05, 0) is 35.6 Å². The fraction of sp³-hybridized carbons (Fsp3) is 0.333. The third-order valence-corrected chi connectivity index (χ3v) is 5.36. The molecule has 1 aromatic carbocycles. The van der Waals surface area contributed by atoms with Crippen LogP contribution < -0.4 is 5.32 Å². The van der Waals surface area contributed by atoms with Crippen molar-refractivity contribution in [3.63, 3.8) is 0 Å². The van der Waals surface area contributed by atoms with Crippen LogP contribution in [-0.4, -0.2) is 25.0 Å². The molecule has 1 heterocycles. The van der Waals surface area contributed by atoms with E-state index in [9.17, 15) is 9.59 Å². The topological polar surface area (TPSA) is 55.4 Å². The molecule has 1 aromatic heterocycles. The van der Waals surface area contributed by atoms with Gasteiger partial charge in [-0.15, -0.1) is 11.3 Å². The molecular weight excluding hydrogens is 390 g/mol. The molecule has 2 aromatic rings. The van der Waals surface area contributed by atoms with Gasteiger partial charge >= 0.3 is 5.97 Å². The van der Waals surface area contributed by atoms with E-state index in [0.717, 1.165) is 21.3 Å². The number of amides is 1. The molecule has 0 bridgehead atoms. The molecular formula is C18H20BrNO3S. The van der Waals surface area contributed by atoms with E-state index in [1.165, 1.54) is 7.11 Å². The lowest BCUT2D eigenvalue weighted by molar-refractivity contribution is -0.144. The molecule has 0 aliphatic heterocycles. The maximum absolute atomic E-state index is 12.8. The number of methoxy groups -OCH3 is 1. The fourth-order valence-corrected chi connectivity index (χ4v) is 3.48. The Hall–Kier alpha value is -1.66. The first-order valence-corrected chi connectivity index (χ1v) is 9.37. The van der Waals surface area contributed by atoms with Gasteiger partial charge in [-0.25, -0.2) is 4.79 Å². The second-order valence-electron chi connectivity index (χ2n) is 5.53. The number of ether oxygens (including phenoxy) is 1. The molecule has 0 aliphatic rings. The maximum Gasteiger partial charge on any atom is 0.328 e. The summed E-state index contributed by atoms with van der Waals surface area (Å²) >= 11 is 5.01. The summed E-state index contributed by atoms with van der Waals surface area (Å²) in [6.45, 7) is 3.90. The van der Waals surface area contributed by atoms with E-state index in [1.807, 2.05) is 43.5 Å². The number of nitrogens with one attached hydrogen (secondary N) is 1. The Morgan fingerprint density at radius 3 is 2.67 bits per heavy atom. The van der Waals surface area contributed by atoms with Crippen molar-refractivity contribution in [1.29, 1.82) is 0 Å². The Balaban J connectivity index is 2.34. The van der Waals surface area contributed by atoms with Crippen molar-refractivity contribution in [3.05, 3.63) is 45.7 Å². The lowest BCUT2D eigenvalue weighted by Gasteiger charge is -2.22. The zero-order chi connectivity index (χ0) is 17.7. The molecule has 0 spiro atoms. The van der Waals surface area contributed by atoms with Gasteiger partial charge < -0.3 is 10.1 Å². The van der Waals surface area contributed by atoms with Gasteiger partial charge in [0.15, 0.2) is 0 Å². The van der Waals surface area contributed by atoms with Crippen molar-refractivity contribution in [2.75, 3.05) is 7.11 Å². The Morgan fingerprint density at radius 1 is 1.33 bits per heavy atom. The van der Waals surface area contributed by atoms with Gasteiger partial charge in [-0.1, -0.05) is 42.3 Å². The number of rotatable bonds is 6. The minimum absolute atomic E-state index is 0.0120. The Morgan fingerprint density at radius 2 is 2.08 bits per heavy atom. The smallest absolute Gasteiger partial charge is 0.328 e. The predicted molar refractivity (Wildman–Crippen MR) is 100 cm³/mol. The van der Waals surface area contributed by atoms with Crippen LogP contribution in [0.3, 0.4) is 0 Å². The normalized spacial score (nSPS) is 13.2. The average molecular weight is 410 g/mol. The van der Waals surface area contributed by atoms with Crippen LogP contribution in [0.1, 0.15) is 30.6 Å². The highest BCUT2D eigenvalue weighted by molar-refractivity contribution is 9.10. The number of hydrogen-bond donors (Lipinski definition) is 1. The van der Waals surface area contributed by atoms with Gasteiger partial charge in [0.1, 0.15) is 6.04 Å². The summed E-state index contributed by atoms with van der Waals surface area (Å²) in [6.07, 6.45) is 0.762. The summed E-state index contributed by atoms with van der Waals surface area (Å²) in [5.41, 5.74) is 1.38. The first-order valence-electron chi connectivity index (χ1n) is 7.70. The number of carbonyl (C=O) groups excluding carboxylic acids is 2. The largest absolute Gasteiger partial charge is 0.467 e. The van der Waals surface area contributed by atoms with E-state index < -0.39 is 12.0 Å². The SMILES string of the molecule is CCC(C)[C@@H](NC(=O)c1ccc(Br)cc1-c1cccs1)C(=O)OC. The van der Waals surface area contributed by atoms with E-state index in [1.54, 1.807) is 17.4 Å². The first kappa shape index (κ1) is 18.7. The Bertz CT molecular complexity index is 715. The Kier molecular flexibility index (Phi) is 6.57. The second kappa shape index (κ2) is 8.44. The molecule has 1 amide bonds. The molecule has 128 valence electrons. The van der Waals surface area contributed by atoms with Crippen LogP contribution in [0.4, 0.5) is 0 Å². The summed E-state index contributed by atoms with van der Waals surface area (Å²) in [4.78, 5) is 25.8. The van der Waals surface area contributed by atoms with Crippen molar-refractivity contribution < 1.29 is 14.3 Å². The van der Waals surface area contributed by atoms with Gasteiger partial charge in [0.05, 0.1) is 7.11 Å². The molecule has 2 rings (SSSR count).